The molecule has 2 aromatic carbocycles. The number of hydrogen-bond donors (Lipinski definition) is 0. The van der Waals surface area contributed by atoms with Gasteiger partial charge in [0.05, 0.1) is 37.6 Å². The van der Waals surface area contributed by atoms with Gasteiger partial charge in [-0.1, -0.05) is 29.8 Å². The molecule has 0 saturated heterocycles. The van der Waals surface area contributed by atoms with Crippen LogP contribution >= 0.6 is 0 Å². The first-order chi connectivity index (χ1) is 15.8. The number of rotatable bonds is 6. The highest BCUT2D eigenvalue weighted by Crippen LogP contribution is 2.43. The monoisotopic (exact) mass is 445 g/mol. The minimum Gasteiger partial charge on any atom is -0.493 e. The number of anilines is 2. The quantitative estimate of drug-likeness (QED) is 0.538. The molecule has 1 aliphatic heterocycles. The molecule has 1 amide bonds. The van der Waals surface area contributed by atoms with Crippen LogP contribution in [0.25, 0.3) is 0 Å². The standard InChI is InChI=1S/C27H31N3O3/c1-17(2)33-24-15-22-20(13-23(24)32-6)14-26(31)30(21-11-12-25(28-16-21)29(4)5)27(22)19-9-7-18(3)8-10-19/h7-13,15-17,27H,14H2,1-6H3. The lowest BCUT2D eigenvalue weighted by molar-refractivity contribution is -0.118. The highest BCUT2D eigenvalue weighted by Gasteiger charge is 2.36. The number of hydrogen-bond acceptors (Lipinski definition) is 5. The summed E-state index contributed by atoms with van der Waals surface area (Å²) in [4.78, 5) is 21.9. The normalized spacial score (nSPS) is 15.4. The predicted octanol–water partition coefficient (Wildman–Crippen LogP) is 4.93. The van der Waals surface area contributed by atoms with Crippen LogP contribution in [0.15, 0.2) is 54.7 Å². The highest BCUT2D eigenvalue weighted by atomic mass is 16.5. The van der Waals surface area contributed by atoms with Gasteiger partial charge in [-0.2, -0.15) is 0 Å². The second-order valence-corrected chi connectivity index (χ2v) is 8.89. The van der Waals surface area contributed by atoms with Gasteiger partial charge in [-0.05, 0) is 61.7 Å². The molecule has 0 N–H and O–H groups in total. The molecule has 0 aliphatic carbocycles. The summed E-state index contributed by atoms with van der Waals surface area (Å²) >= 11 is 0. The Morgan fingerprint density at radius 3 is 2.36 bits per heavy atom. The minimum atomic E-state index is -0.297. The van der Waals surface area contributed by atoms with E-state index in [1.54, 1.807) is 13.3 Å². The summed E-state index contributed by atoms with van der Waals surface area (Å²) in [5.41, 5.74) is 4.96. The third-order valence-corrected chi connectivity index (χ3v) is 5.81. The molecule has 3 aromatic rings. The summed E-state index contributed by atoms with van der Waals surface area (Å²) in [7, 11) is 5.52. The lowest BCUT2D eigenvalue weighted by Crippen LogP contribution is -2.41. The molecule has 1 aromatic heterocycles. The molecule has 0 bridgehead atoms. The third kappa shape index (κ3) is 4.51. The largest absolute Gasteiger partial charge is 0.493 e. The van der Waals surface area contributed by atoms with Gasteiger partial charge in [-0.3, -0.25) is 9.69 Å². The molecule has 0 fully saturated rings. The smallest absolute Gasteiger partial charge is 0.232 e. The van der Waals surface area contributed by atoms with Crippen LogP contribution in [-0.2, 0) is 11.2 Å². The summed E-state index contributed by atoms with van der Waals surface area (Å²) in [6.45, 7) is 6.04. The minimum absolute atomic E-state index is 0.00104. The van der Waals surface area contributed by atoms with Crippen LogP contribution in [0.5, 0.6) is 11.5 Å². The van der Waals surface area contributed by atoms with Crippen LogP contribution < -0.4 is 19.3 Å². The van der Waals surface area contributed by atoms with Gasteiger partial charge in [0.2, 0.25) is 5.91 Å². The van der Waals surface area contributed by atoms with E-state index in [4.69, 9.17) is 9.47 Å². The maximum absolute atomic E-state index is 13.5. The average molecular weight is 446 g/mol. The maximum atomic E-state index is 13.5. The summed E-state index contributed by atoms with van der Waals surface area (Å²) in [5.74, 6) is 2.18. The van der Waals surface area contributed by atoms with Gasteiger partial charge in [0.25, 0.3) is 0 Å². The third-order valence-electron chi connectivity index (χ3n) is 5.81. The number of nitrogens with zero attached hydrogens (tertiary/aromatic N) is 3. The number of aromatic nitrogens is 1. The van der Waals surface area contributed by atoms with Crippen molar-refractivity contribution in [2.24, 2.45) is 0 Å². The van der Waals surface area contributed by atoms with Crippen molar-refractivity contribution in [3.63, 3.8) is 0 Å². The first-order valence-corrected chi connectivity index (χ1v) is 11.2. The first kappa shape index (κ1) is 22.6. The van der Waals surface area contributed by atoms with Crippen LogP contribution in [0.2, 0.25) is 0 Å². The van der Waals surface area contributed by atoms with E-state index in [1.165, 1.54) is 5.56 Å². The molecule has 172 valence electrons. The Bertz CT molecular complexity index is 1140. The van der Waals surface area contributed by atoms with Crippen LogP contribution in [-0.4, -0.2) is 38.2 Å². The Labute approximate surface area is 195 Å². The van der Waals surface area contributed by atoms with Gasteiger partial charge in [0.1, 0.15) is 5.82 Å². The number of ether oxygens (including phenoxy) is 2. The SMILES string of the molecule is COc1cc2c(cc1OC(C)C)C(c1ccc(C)cc1)N(c1ccc(N(C)C)nc1)C(=O)C2. The zero-order valence-electron chi connectivity index (χ0n) is 20.1. The van der Waals surface area contributed by atoms with E-state index in [-0.39, 0.29) is 24.5 Å². The highest BCUT2D eigenvalue weighted by molar-refractivity contribution is 5.98. The molecule has 0 spiro atoms. The Balaban J connectivity index is 1.89. The molecule has 33 heavy (non-hydrogen) atoms. The Morgan fingerprint density at radius 1 is 1.06 bits per heavy atom. The zero-order valence-corrected chi connectivity index (χ0v) is 20.1. The van der Waals surface area contributed by atoms with E-state index in [0.29, 0.717) is 11.5 Å². The average Bonchev–Trinajstić information content (AvgIpc) is 2.78. The van der Waals surface area contributed by atoms with Crippen molar-refractivity contribution in [1.29, 1.82) is 0 Å². The van der Waals surface area contributed by atoms with Crippen molar-refractivity contribution in [3.8, 4) is 11.5 Å². The number of carbonyl (C=O) groups excluding carboxylic acids is 1. The van der Waals surface area contributed by atoms with Crippen molar-refractivity contribution in [2.45, 2.75) is 39.3 Å². The molecule has 6 nitrogen and oxygen atoms in total. The zero-order chi connectivity index (χ0) is 23.7. The molecule has 0 saturated carbocycles. The van der Waals surface area contributed by atoms with E-state index in [1.807, 2.05) is 62.0 Å². The fourth-order valence-corrected chi connectivity index (χ4v) is 4.22. The number of amides is 1. The summed E-state index contributed by atoms with van der Waals surface area (Å²) in [5, 5.41) is 0. The summed E-state index contributed by atoms with van der Waals surface area (Å²) < 4.78 is 11.7. The molecule has 6 heteroatoms. The number of methoxy groups -OCH3 is 1. The van der Waals surface area contributed by atoms with E-state index in [9.17, 15) is 4.79 Å². The maximum Gasteiger partial charge on any atom is 0.232 e. The molecule has 1 unspecified atom stereocenters. The van der Waals surface area contributed by atoms with Gasteiger partial charge in [0.15, 0.2) is 11.5 Å². The van der Waals surface area contributed by atoms with Crippen molar-refractivity contribution >= 4 is 17.4 Å². The number of fused-ring (bicyclic) bond motifs is 1. The van der Waals surface area contributed by atoms with Crippen LogP contribution in [0.4, 0.5) is 11.5 Å². The van der Waals surface area contributed by atoms with Gasteiger partial charge in [-0.25, -0.2) is 4.98 Å². The lowest BCUT2D eigenvalue weighted by atomic mass is 9.86. The van der Waals surface area contributed by atoms with E-state index in [0.717, 1.165) is 28.2 Å². The van der Waals surface area contributed by atoms with Crippen LogP contribution in [0.1, 0.15) is 42.1 Å². The topological polar surface area (TPSA) is 54.9 Å². The fraction of sp³-hybridized carbons (Fsp3) is 0.333. The van der Waals surface area contributed by atoms with E-state index in [2.05, 4.69) is 36.2 Å². The van der Waals surface area contributed by atoms with Gasteiger partial charge < -0.3 is 14.4 Å². The van der Waals surface area contributed by atoms with Crippen LogP contribution in [0, 0.1) is 6.92 Å². The van der Waals surface area contributed by atoms with Crippen molar-refractivity contribution in [2.75, 3.05) is 31.0 Å². The molecule has 1 atom stereocenters. The Kier molecular flexibility index (Phi) is 6.27. The second kappa shape index (κ2) is 9.14. The van der Waals surface area contributed by atoms with Gasteiger partial charge in [-0.15, -0.1) is 0 Å². The number of carbonyl (C=O) groups is 1. The fourth-order valence-electron chi connectivity index (χ4n) is 4.22. The predicted molar refractivity (Wildman–Crippen MR) is 132 cm³/mol. The number of pyridine rings is 1. The van der Waals surface area contributed by atoms with Gasteiger partial charge in [0, 0.05) is 14.1 Å². The molecule has 1 aliphatic rings. The molecule has 0 radical (unpaired) electrons. The molecular formula is C27H31N3O3. The van der Waals surface area contributed by atoms with Crippen molar-refractivity contribution in [3.05, 3.63) is 77.0 Å². The van der Waals surface area contributed by atoms with Crippen LogP contribution in [0.3, 0.4) is 0 Å². The molecule has 4 rings (SSSR count). The van der Waals surface area contributed by atoms with Crippen molar-refractivity contribution in [1.82, 2.24) is 4.98 Å². The second-order valence-electron chi connectivity index (χ2n) is 8.89. The Hall–Kier alpha value is -3.54. The van der Waals surface area contributed by atoms with Crippen molar-refractivity contribution < 1.29 is 14.3 Å². The number of benzene rings is 2. The first-order valence-electron chi connectivity index (χ1n) is 11.2. The molecular weight excluding hydrogens is 414 g/mol. The molecule has 2 heterocycles. The van der Waals surface area contributed by atoms with E-state index < -0.39 is 0 Å². The summed E-state index contributed by atoms with van der Waals surface area (Å²) in [6.07, 6.45) is 2.05. The lowest BCUT2D eigenvalue weighted by Gasteiger charge is -2.38. The number of aryl methyl sites for hydroxylation is 1. The summed E-state index contributed by atoms with van der Waals surface area (Å²) in [6, 6.07) is 15.9. The Morgan fingerprint density at radius 2 is 1.79 bits per heavy atom. The van der Waals surface area contributed by atoms with Gasteiger partial charge >= 0.3 is 0 Å². The van der Waals surface area contributed by atoms with E-state index >= 15 is 0 Å².